The molecule has 0 bridgehead atoms. The van der Waals surface area contributed by atoms with Gasteiger partial charge in [-0.25, -0.2) is 4.79 Å². The topological polar surface area (TPSA) is 94.1 Å². The zero-order valence-corrected chi connectivity index (χ0v) is 19.4. The minimum absolute atomic E-state index is 0.00159. The monoisotopic (exact) mass is 465 g/mol. The largest absolute Gasteiger partial charge is 0.504 e. The standard InChI is InChI=1S/C22H27NO6S2/c1-14(10-11-28-20(25)13-30)21(15-4-9-19(27-2)18(24)12-15)29-22(26)23-16-5-7-17(31-3)8-6-16/h4-9,12,14,21,24,30H,10-11,13H2,1-3H3,(H,23,26)/t14-,21-/m0/s1. The molecule has 9 heteroatoms. The number of carbonyl (C=O) groups excluding carboxylic acids is 2. The molecular formula is C22H27NO6S2. The Balaban J connectivity index is 2.14. The van der Waals surface area contributed by atoms with E-state index in [1.54, 1.807) is 36.0 Å². The molecule has 0 aliphatic rings. The first kappa shape index (κ1) is 24.7. The number of anilines is 1. The molecule has 2 aromatic carbocycles. The summed E-state index contributed by atoms with van der Waals surface area (Å²) in [4.78, 5) is 25.0. The van der Waals surface area contributed by atoms with Crippen LogP contribution in [0.2, 0.25) is 0 Å². The van der Waals surface area contributed by atoms with E-state index in [9.17, 15) is 14.7 Å². The second kappa shape index (κ2) is 12.4. The highest BCUT2D eigenvalue weighted by Crippen LogP contribution is 2.35. The fraction of sp³-hybridized carbons (Fsp3) is 0.364. The Morgan fingerprint density at radius 2 is 1.90 bits per heavy atom. The summed E-state index contributed by atoms with van der Waals surface area (Å²) in [6.07, 6.45) is 1.11. The van der Waals surface area contributed by atoms with Crippen LogP contribution >= 0.6 is 24.4 Å². The van der Waals surface area contributed by atoms with Gasteiger partial charge in [0.2, 0.25) is 0 Å². The highest BCUT2D eigenvalue weighted by Gasteiger charge is 2.25. The summed E-state index contributed by atoms with van der Waals surface area (Å²) in [5, 5.41) is 12.9. The van der Waals surface area contributed by atoms with Crippen LogP contribution in [0.4, 0.5) is 10.5 Å². The molecule has 0 radical (unpaired) electrons. The number of ether oxygens (including phenoxy) is 3. The number of phenolic OH excluding ortho intramolecular Hbond substituents is 1. The third-order valence-corrected chi connectivity index (χ3v) is 5.59. The summed E-state index contributed by atoms with van der Waals surface area (Å²) < 4.78 is 15.9. The average Bonchev–Trinajstić information content (AvgIpc) is 2.77. The fourth-order valence-corrected chi connectivity index (χ4v) is 3.39. The van der Waals surface area contributed by atoms with E-state index in [1.165, 1.54) is 13.2 Å². The number of thiol groups is 1. The van der Waals surface area contributed by atoms with E-state index in [1.807, 2.05) is 25.3 Å². The molecule has 0 unspecified atom stereocenters. The van der Waals surface area contributed by atoms with Crippen LogP contribution in [-0.2, 0) is 14.3 Å². The molecule has 2 aromatic rings. The Bertz CT molecular complexity index is 875. The Morgan fingerprint density at radius 3 is 2.48 bits per heavy atom. The van der Waals surface area contributed by atoms with Gasteiger partial charge in [0.15, 0.2) is 11.5 Å². The predicted octanol–water partition coefficient (Wildman–Crippen LogP) is 4.91. The second-order valence-electron chi connectivity index (χ2n) is 6.76. The molecule has 0 aliphatic heterocycles. The molecule has 0 spiro atoms. The first-order valence-electron chi connectivity index (χ1n) is 9.63. The summed E-state index contributed by atoms with van der Waals surface area (Å²) in [6, 6.07) is 12.2. The smallest absolute Gasteiger partial charge is 0.412 e. The minimum atomic E-state index is -0.683. The molecule has 0 saturated heterocycles. The van der Waals surface area contributed by atoms with Crippen LogP contribution in [0, 0.1) is 5.92 Å². The van der Waals surface area contributed by atoms with Crippen molar-refractivity contribution in [2.24, 2.45) is 5.92 Å². The lowest BCUT2D eigenvalue weighted by Crippen LogP contribution is -2.23. The number of benzene rings is 2. The van der Waals surface area contributed by atoms with Crippen LogP contribution in [0.15, 0.2) is 47.4 Å². The van der Waals surface area contributed by atoms with E-state index in [4.69, 9.17) is 14.2 Å². The predicted molar refractivity (Wildman–Crippen MR) is 124 cm³/mol. The molecule has 0 heterocycles. The van der Waals surface area contributed by atoms with Gasteiger partial charge in [-0.15, -0.1) is 11.8 Å². The van der Waals surface area contributed by atoms with Crippen molar-refractivity contribution in [3.63, 3.8) is 0 Å². The Kier molecular flexibility index (Phi) is 9.87. The molecule has 7 nitrogen and oxygen atoms in total. The third-order valence-electron chi connectivity index (χ3n) is 4.58. The third kappa shape index (κ3) is 7.59. The van der Waals surface area contributed by atoms with Crippen molar-refractivity contribution < 1.29 is 28.9 Å². The first-order valence-corrected chi connectivity index (χ1v) is 11.5. The van der Waals surface area contributed by atoms with E-state index in [0.29, 0.717) is 23.4 Å². The lowest BCUT2D eigenvalue weighted by Gasteiger charge is -2.25. The highest BCUT2D eigenvalue weighted by atomic mass is 32.2. The molecular weight excluding hydrogens is 438 g/mol. The van der Waals surface area contributed by atoms with Crippen molar-refractivity contribution in [3.05, 3.63) is 48.0 Å². The second-order valence-corrected chi connectivity index (χ2v) is 7.95. The van der Waals surface area contributed by atoms with Crippen molar-refractivity contribution in [3.8, 4) is 11.5 Å². The Labute approximate surface area is 191 Å². The molecule has 0 saturated carbocycles. The number of hydrogen-bond acceptors (Lipinski definition) is 8. The van der Waals surface area contributed by atoms with Gasteiger partial charge in [0.1, 0.15) is 6.10 Å². The maximum atomic E-state index is 12.6. The summed E-state index contributed by atoms with van der Waals surface area (Å²) in [7, 11) is 1.46. The van der Waals surface area contributed by atoms with Gasteiger partial charge in [-0.3, -0.25) is 10.1 Å². The van der Waals surface area contributed by atoms with E-state index >= 15 is 0 Å². The number of amides is 1. The van der Waals surface area contributed by atoms with E-state index in [2.05, 4.69) is 17.9 Å². The average molecular weight is 466 g/mol. The number of phenols is 1. The van der Waals surface area contributed by atoms with Crippen LogP contribution in [0.3, 0.4) is 0 Å². The van der Waals surface area contributed by atoms with Gasteiger partial charge in [-0.05, 0) is 54.6 Å². The maximum absolute atomic E-state index is 12.6. The SMILES string of the molecule is COc1ccc([C@@H](OC(=O)Nc2ccc(SC)cc2)[C@@H](C)CCOC(=O)CS)cc1O. The van der Waals surface area contributed by atoms with Crippen molar-refractivity contribution >= 4 is 42.1 Å². The van der Waals surface area contributed by atoms with Crippen LogP contribution in [-0.4, -0.2) is 42.9 Å². The quantitative estimate of drug-likeness (QED) is 0.261. The zero-order valence-electron chi connectivity index (χ0n) is 17.7. The Morgan fingerprint density at radius 1 is 1.19 bits per heavy atom. The van der Waals surface area contributed by atoms with Gasteiger partial charge in [0, 0.05) is 16.5 Å². The number of nitrogens with one attached hydrogen (secondary N) is 1. The van der Waals surface area contributed by atoms with Gasteiger partial charge in [0.25, 0.3) is 0 Å². The van der Waals surface area contributed by atoms with Gasteiger partial charge in [-0.1, -0.05) is 13.0 Å². The normalized spacial score (nSPS) is 12.5. The van der Waals surface area contributed by atoms with Crippen LogP contribution < -0.4 is 10.1 Å². The molecule has 168 valence electrons. The number of hydrogen-bond donors (Lipinski definition) is 3. The van der Waals surface area contributed by atoms with Crippen molar-refractivity contribution in [2.75, 3.05) is 31.0 Å². The number of thioether (sulfide) groups is 1. The van der Waals surface area contributed by atoms with Gasteiger partial charge < -0.3 is 19.3 Å². The highest BCUT2D eigenvalue weighted by molar-refractivity contribution is 7.98. The molecule has 0 aliphatic carbocycles. The summed E-state index contributed by atoms with van der Waals surface area (Å²) in [5.41, 5.74) is 1.20. The van der Waals surface area contributed by atoms with Gasteiger partial charge in [0.05, 0.1) is 19.5 Å². The number of methoxy groups -OCH3 is 1. The fourth-order valence-electron chi connectivity index (χ4n) is 2.89. The molecule has 2 atom stereocenters. The molecule has 0 aromatic heterocycles. The number of carbonyl (C=O) groups is 2. The summed E-state index contributed by atoms with van der Waals surface area (Å²) >= 11 is 5.49. The van der Waals surface area contributed by atoms with Gasteiger partial charge in [-0.2, -0.15) is 12.6 Å². The van der Waals surface area contributed by atoms with Crippen LogP contribution in [0.5, 0.6) is 11.5 Å². The lowest BCUT2D eigenvalue weighted by atomic mass is 9.94. The van der Waals surface area contributed by atoms with E-state index < -0.39 is 18.2 Å². The first-order chi connectivity index (χ1) is 14.9. The summed E-state index contributed by atoms with van der Waals surface area (Å²) in [6.45, 7) is 2.04. The van der Waals surface area contributed by atoms with Crippen molar-refractivity contribution in [1.82, 2.24) is 0 Å². The number of esters is 1. The molecule has 2 rings (SSSR count). The van der Waals surface area contributed by atoms with E-state index in [0.717, 1.165) is 4.90 Å². The molecule has 1 amide bonds. The van der Waals surface area contributed by atoms with E-state index in [-0.39, 0.29) is 24.0 Å². The lowest BCUT2D eigenvalue weighted by molar-refractivity contribution is -0.141. The zero-order chi connectivity index (χ0) is 22.8. The molecule has 2 N–H and O–H groups in total. The number of aromatic hydroxyl groups is 1. The summed E-state index contributed by atoms with van der Waals surface area (Å²) in [5.74, 6) is -0.364. The Hall–Kier alpha value is -2.52. The number of rotatable bonds is 10. The van der Waals surface area contributed by atoms with Gasteiger partial charge >= 0.3 is 12.1 Å². The maximum Gasteiger partial charge on any atom is 0.412 e. The van der Waals surface area contributed by atoms with Crippen molar-refractivity contribution in [1.29, 1.82) is 0 Å². The molecule has 31 heavy (non-hydrogen) atoms. The van der Waals surface area contributed by atoms with Crippen molar-refractivity contribution in [2.45, 2.75) is 24.3 Å². The minimum Gasteiger partial charge on any atom is -0.504 e. The molecule has 0 fully saturated rings. The van der Waals surface area contributed by atoms with Crippen LogP contribution in [0.1, 0.15) is 25.0 Å². The van der Waals surface area contributed by atoms with Crippen LogP contribution in [0.25, 0.3) is 0 Å².